The van der Waals surface area contributed by atoms with Gasteiger partial charge in [-0.1, -0.05) is 0 Å². The Labute approximate surface area is 106 Å². The van der Waals surface area contributed by atoms with Crippen LogP contribution in [-0.4, -0.2) is 40.0 Å². The van der Waals surface area contributed by atoms with E-state index in [0.717, 1.165) is 0 Å². The predicted molar refractivity (Wildman–Crippen MR) is 64.1 cm³/mol. The van der Waals surface area contributed by atoms with Crippen molar-refractivity contribution < 1.29 is 24.5 Å². The van der Waals surface area contributed by atoms with Crippen molar-refractivity contribution in [1.29, 1.82) is 0 Å². The van der Waals surface area contributed by atoms with Crippen LogP contribution in [0.2, 0.25) is 0 Å². The zero-order valence-electron chi connectivity index (χ0n) is 11.0. The number of hydrogen-bond acceptors (Lipinski definition) is 4. The van der Waals surface area contributed by atoms with Gasteiger partial charge in [-0.05, 0) is 40.0 Å². The molecule has 1 saturated carbocycles. The van der Waals surface area contributed by atoms with Crippen LogP contribution in [-0.2, 0) is 9.53 Å². The number of carboxylic acids is 1. The summed E-state index contributed by atoms with van der Waals surface area (Å²) in [5.74, 6) is -1.41. The molecule has 0 aromatic rings. The lowest BCUT2D eigenvalue weighted by Gasteiger charge is -2.32. The van der Waals surface area contributed by atoms with Gasteiger partial charge in [0.15, 0.2) is 0 Å². The van der Waals surface area contributed by atoms with Crippen LogP contribution in [0, 0.1) is 5.92 Å². The van der Waals surface area contributed by atoms with Crippen molar-refractivity contribution in [3.05, 3.63) is 0 Å². The zero-order valence-corrected chi connectivity index (χ0v) is 11.0. The standard InChI is InChI=1S/C12H21NO5/c1-12(2,3)18-11(17)13-8-6-7(10(15)16)4-5-9(8)14/h7-9,14H,4-6H2,1-3H3,(H,13,17)(H,15,16)/t7-,8+,9+/m0/s1. The smallest absolute Gasteiger partial charge is 0.407 e. The van der Waals surface area contributed by atoms with Gasteiger partial charge in [0.25, 0.3) is 0 Å². The normalized spacial score (nSPS) is 28.6. The second-order valence-corrected chi connectivity index (χ2v) is 5.67. The molecule has 0 spiro atoms. The molecule has 104 valence electrons. The fourth-order valence-electron chi connectivity index (χ4n) is 1.99. The molecular weight excluding hydrogens is 238 g/mol. The van der Waals surface area contributed by atoms with Gasteiger partial charge in [0.05, 0.1) is 18.1 Å². The highest BCUT2D eigenvalue weighted by atomic mass is 16.6. The lowest BCUT2D eigenvalue weighted by atomic mass is 9.84. The van der Waals surface area contributed by atoms with Crippen molar-refractivity contribution in [1.82, 2.24) is 5.32 Å². The van der Waals surface area contributed by atoms with E-state index in [4.69, 9.17) is 9.84 Å². The van der Waals surface area contributed by atoms with Gasteiger partial charge in [-0.25, -0.2) is 4.79 Å². The molecule has 3 atom stereocenters. The molecule has 0 radical (unpaired) electrons. The maximum absolute atomic E-state index is 11.6. The van der Waals surface area contributed by atoms with Gasteiger partial charge in [-0.3, -0.25) is 4.79 Å². The molecule has 0 aliphatic heterocycles. The number of aliphatic hydroxyl groups is 1. The molecule has 6 nitrogen and oxygen atoms in total. The van der Waals surface area contributed by atoms with E-state index in [0.29, 0.717) is 12.8 Å². The van der Waals surface area contributed by atoms with Crippen LogP contribution in [0.25, 0.3) is 0 Å². The Kier molecular flexibility index (Phi) is 4.56. The van der Waals surface area contributed by atoms with Gasteiger partial charge >= 0.3 is 12.1 Å². The molecule has 6 heteroatoms. The summed E-state index contributed by atoms with van der Waals surface area (Å²) < 4.78 is 5.08. The summed E-state index contributed by atoms with van der Waals surface area (Å²) in [6.45, 7) is 5.22. The number of alkyl carbamates (subject to hydrolysis) is 1. The summed E-state index contributed by atoms with van der Waals surface area (Å²) in [7, 11) is 0. The number of carbonyl (C=O) groups is 2. The van der Waals surface area contributed by atoms with Crippen molar-refractivity contribution in [3.8, 4) is 0 Å². The van der Waals surface area contributed by atoms with Crippen LogP contribution >= 0.6 is 0 Å². The highest BCUT2D eigenvalue weighted by Gasteiger charge is 2.34. The monoisotopic (exact) mass is 259 g/mol. The second-order valence-electron chi connectivity index (χ2n) is 5.67. The van der Waals surface area contributed by atoms with Crippen LogP contribution in [0.3, 0.4) is 0 Å². The molecule has 0 bridgehead atoms. The first-order chi connectivity index (χ1) is 8.19. The van der Waals surface area contributed by atoms with Crippen LogP contribution in [0.4, 0.5) is 4.79 Å². The first kappa shape index (κ1) is 14.8. The molecule has 0 aromatic carbocycles. The first-order valence-electron chi connectivity index (χ1n) is 6.09. The summed E-state index contributed by atoms with van der Waals surface area (Å²) in [5.41, 5.74) is -0.615. The fraction of sp³-hybridized carbons (Fsp3) is 0.833. The van der Waals surface area contributed by atoms with E-state index in [1.54, 1.807) is 20.8 Å². The Hall–Kier alpha value is -1.30. The molecule has 1 rings (SSSR count). The minimum Gasteiger partial charge on any atom is -0.481 e. The third kappa shape index (κ3) is 4.52. The molecule has 18 heavy (non-hydrogen) atoms. The number of nitrogens with one attached hydrogen (secondary N) is 1. The highest BCUT2D eigenvalue weighted by Crippen LogP contribution is 2.25. The van der Waals surface area contributed by atoms with E-state index in [9.17, 15) is 14.7 Å². The van der Waals surface area contributed by atoms with Crippen molar-refractivity contribution in [2.24, 2.45) is 5.92 Å². The molecule has 1 fully saturated rings. The maximum atomic E-state index is 11.6. The minimum atomic E-state index is -0.891. The second kappa shape index (κ2) is 5.56. The molecule has 0 unspecified atom stereocenters. The molecule has 1 amide bonds. The third-order valence-corrected chi connectivity index (χ3v) is 2.87. The summed E-state index contributed by atoms with van der Waals surface area (Å²) in [4.78, 5) is 22.5. The van der Waals surface area contributed by atoms with Gasteiger partial charge in [-0.15, -0.1) is 0 Å². The molecule has 1 aliphatic carbocycles. The van der Waals surface area contributed by atoms with Crippen LogP contribution in [0.15, 0.2) is 0 Å². The Balaban J connectivity index is 2.53. The molecule has 0 saturated heterocycles. The lowest BCUT2D eigenvalue weighted by Crippen LogP contribution is -2.49. The van der Waals surface area contributed by atoms with Gasteiger partial charge < -0.3 is 20.3 Å². The number of rotatable bonds is 2. The summed E-state index contributed by atoms with van der Waals surface area (Å²) in [6, 6.07) is -0.560. The van der Waals surface area contributed by atoms with Gasteiger partial charge in [0.2, 0.25) is 0 Å². The quantitative estimate of drug-likeness (QED) is 0.690. The number of hydrogen-bond donors (Lipinski definition) is 3. The minimum absolute atomic E-state index is 0.232. The van der Waals surface area contributed by atoms with Crippen molar-refractivity contribution >= 4 is 12.1 Å². The average Bonchev–Trinajstić information content (AvgIpc) is 2.18. The molecule has 0 heterocycles. The largest absolute Gasteiger partial charge is 0.481 e. The van der Waals surface area contributed by atoms with Crippen LogP contribution in [0.5, 0.6) is 0 Å². The van der Waals surface area contributed by atoms with E-state index < -0.39 is 35.7 Å². The molecular formula is C12H21NO5. The van der Waals surface area contributed by atoms with E-state index in [2.05, 4.69) is 5.32 Å². The third-order valence-electron chi connectivity index (χ3n) is 2.87. The fourth-order valence-corrected chi connectivity index (χ4v) is 1.99. The number of aliphatic carboxylic acids is 1. The average molecular weight is 259 g/mol. The van der Waals surface area contributed by atoms with Crippen molar-refractivity contribution in [3.63, 3.8) is 0 Å². The van der Waals surface area contributed by atoms with E-state index in [1.165, 1.54) is 0 Å². The molecule has 3 N–H and O–H groups in total. The highest BCUT2D eigenvalue weighted by molar-refractivity contribution is 5.71. The maximum Gasteiger partial charge on any atom is 0.407 e. The summed E-state index contributed by atoms with van der Waals surface area (Å²) >= 11 is 0. The molecule has 1 aliphatic rings. The molecule has 0 aromatic heterocycles. The van der Waals surface area contributed by atoms with E-state index in [-0.39, 0.29) is 6.42 Å². The number of carbonyl (C=O) groups excluding carboxylic acids is 1. The van der Waals surface area contributed by atoms with Gasteiger partial charge in [0.1, 0.15) is 5.60 Å². The Morgan fingerprint density at radius 3 is 2.39 bits per heavy atom. The summed E-state index contributed by atoms with van der Waals surface area (Å²) in [6.07, 6.45) is -0.304. The Morgan fingerprint density at radius 2 is 1.89 bits per heavy atom. The van der Waals surface area contributed by atoms with Crippen molar-refractivity contribution in [2.45, 2.75) is 57.8 Å². The predicted octanol–water partition coefficient (Wildman–Crippen LogP) is 1.13. The van der Waals surface area contributed by atoms with Crippen LogP contribution in [0.1, 0.15) is 40.0 Å². The lowest BCUT2D eigenvalue weighted by molar-refractivity contribution is -0.144. The Morgan fingerprint density at radius 1 is 1.28 bits per heavy atom. The zero-order chi connectivity index (χ0) is 13.9. The topological polar surface area (TPSA) is 95.9 Å². The summed E-state index contributed by atoms with van der Waals surface area (Å²) in [5, 5.41) is 21.2. The number of carboxylic acid groups (broad SMARTS) is 1. The first-order valence-corrected chi connectivity index (χ1v) is 6.09. The van der Waals surface area contributed by atoms with Crippen molar-refractivity contribution in [2.75, 3.05) is 0 Å². The van der Waals surface area contributed by atoms with Crippen LogP contribution < -0.4 is 5.32 Å². The SMILES string of the molecule is CC(C)(C)OC(=O)N[C@@H]1C[C@@H](C(=O)O)CC[C@H]1O. The number of amides is 1. The number of ether oxygens (including phenoxy) is 1. The number of aliphatic hydroxyl groups excluding tert-OH is 1. The van der Waals surface area contributed by atoms with Gasteiger partial charge in [0, 0.05) is 0 Å². The Bertz CT molecular complexity index is 323. The van der Waals surface area contributed by atoms with E-state index >= 15 is 0 Å². The van der Waals surface area contributed by atoms with Gasteiger partial charge in [-0.2, -0.15) is 0 Å². The van der Waals surface area contributed by atoms with E-state index in [1.807, 2.05) is 0 Å².